The summed E-state index contributed by atoms with van der Waals surface area (Å²) in [7, 11) is -0.599. The van der Waals surface area contributed by atoms with E-state index in [0.717, 1.165) is 24.0 Å². The van der Waals surface area contributed by atoms with E-state index < -0.39 is 47.1 Å². The van der Waals surface area contributed by atoms with Crippen LogP contribution in [0, 0.1) is 41.6 Å². The first kappa shape index (κ1) is 91.7. The van der Waals surface area contributed by atoms with Crippen LogP contribution in [0.25, 0.3) is 11.1 Å². The Balaban J connectivity index is 0.000000594. The van der Waals surface area contributed by atoms with Crippen LogP contribution in [0.2, 0.25) is 0 Å². The normalized spacial score (nSPS) is 14.9. The number of aliphatic hydroxyl groups is 2. The van der Waals surface area contributed by atoms with Crippen molar-refractivity contribution in [3.63, 3.8) is 0 Å². The van der Waals surface area contributed by atoms with Crippen molar-refractivity contribution in [3.8, 4) is 11.1 Å². The molecule has 0 unspecified atom stereocenters. The zero-order chi connectivity index (χ0) is 70.5. The summed E-state index contributed by atoms with van der Waals surface area (Å²) in [6, 6.07) is 32.7. The van der Waals surface area contributed by atoms with E-state index >= 15 is 0 Å². The van der Waals surface area contributed by atoms with Gasteiger partial charge >= 0.3 is 165 Å². The molecule has 522 valence electrons. The van der Waals surface area contributed by atoms with Crippen LogP contribution in [0.3, 0.4) is 0 Å². The molecule has 1 fully saturated rings. The second-order valence-electron chi connectivity index (χ2n) is 26.2. The fourth-order valence-electron chi connectivity index (χ4n) is 9.49. The van der Waals surface area contributed by atoms with E-state index in [9.17, 15) is 39.0 Å². The molecular formula is C67H94I11N2O12-. The van der Waals surface area contributed by atoms with E-state index in [1.165, 1.54) is 29.4 Å². The molecule has 0 heterocycles. The number of aliphatic hydroxyl groups excluding tert-OH is 2. The molecule has 0 spiro atoms. The number of amides is 2. The fourth-order valence-corrected chi connectivity index (χ4v) is 10.2. The second-order valence-corrected chi connectivity index (χ2v) is 142. The molecule has 1 saturated carbocycles. The predicted molar refractivity (Wildman–Crippen MR) is 456 cm³/mol. The molecule has 2 aliphatic rings. The molecule has 0 radical (unpaired) electrons. The van der Waals surface area contributed by atoms with E-state index in [1.54, 1.807) is 0 Å². The van der Waals surface area contributed by atoms with Crippen LogP contribution in [0.5, 0.6) is 0 Å². The third-order valence-corrected chi connectivity index (χ3v) is 98.3. The number of benzene rings is 4. The van der Waals surface area contributed by atoms with E-state index in [0.29, 0.717) is 38.9 Å². The average molecular weight is 2520 g/mol. The Labute approximate surface area is 655 Å². The Bertz CT molecular complexity index is 2740. The third-order valence-electron chi connectivity index (χ3n) is 14.2. The number of halogens is 11. The molecule has 14 nitrogen and oxygen atoms in total. The van der Waals surface area contributed by atoms with Crippen molar-refractivity contribution in [1.29, 1.82) is 0 Å². The van der Waals surface area contributed by atoms with Crippen LogP contribution in [0.15, 0.2) is 97.1 Å². The topological polar surface area (TPSA) is 232 Å². The molecule has 0 aromatic heterocycles. The standard InChI is InChI=1S/C22H25NO3.2C17H25IO3.C11H19NO3.I5.I4/c1-22(2,3)19(21(23)25)12-20(24)26-13-18-16-10-6-4-8-14(16)15-9-5-7-11-17(15)18;2*1-5-15(19)13(11-16(20)21-17(2,3)4)10-12-6-8-14(18)9-7-12;1-11(2,3)8(10(12)14)6-9(13)15-7-4-5-7;1-4-5(2)3;1-4(2)3/h4-11,18-19H,12-13H2,1-3H3,(H2,23,25);2*6-9,13,15,19H,5,10-11H2,1-4H3;7-8H,4-6H2,1-3H3,(H2,12,14);;/q;;;;-1;/t19-;2*13-,15+;8-;;/m1111../s1. The van der Waals surface area contributed by atoms with Crippen molar-refractivity contribution in [2.75, 3.05) is 6.61 Å². The van der Waals surface area contributed by atoms with Gasteiger partial charge in [-0.05, 0) is 206 Å². The quantitative estimate of drug-likeness (QED) is 0.0327. The first-order chi connectivity index (χ1) is 42.5. The van der Waals surface area contributed by atoms with Gasteiger partial charge in [-0.1, -0.05) is 128 Å². The summed E-state index contributed by atoms with van der Waals surface area (Å²) < 4.78 is 23.7. The van der Waals surface area contributed by atoms with Crippen molar-refractivity contribution in [2.24, 2.45) is 46.0 Å². The molecular weight excluding hydrogens is 2420 g/mol. The Morgan fingerprint density at radius 3 is 1.15 bits per heavy atom. The number of hydrogen-bond acceptors (Lipinski definition) is 12. The van der Waals surface area contributed by atoms with Crippen LogP contribution >= 0.6 is 173 Å². The molecule has 0 saturated heterocycles. The maximum absolute atomic E-state index is 12.4. The number of primary amides is 2. The number of rotatable bonds is 22. The van der Waals surface area contributed by atoms with Crippen molar-refractivity contribution in [1.82, 2.24) is 0 Å². The van der Waals surface area contributed by atoms with Crippen molar-refractivity contribution in [2.45, 2.75) is 197 Å². The van der Waals surface area contributed by atoms with E-state index in [-0.39, 0.29) is 107 Å². The molecule has 2 amide bonds. The summed E-state index contributed by atoms with van der Waals surface area (Å²) >= 11 is 20.3. The SMILES string of the molecule is CC(C)(C)[C@H](CC(=O)OC1CC1)C(N)=O.CC(C)(C)[C@H](CC(=O)OCC1c2ccccc2-c2ccccc21)C(N)=O.CC[C@H](O)[C@@H](CC(=O)OC(C)(C)C)Cc1ccc(I)cc1.CC[C@H](O)[C@@H](CC(=O)OC(C)(C)C)Cc1ccc(I)cc1.II(I)I.I[I-]I(I)I. The summed E-state index contributed by atoms with van der Waals surface area (Å²) in [5, 5.41) is 20.3. The molecule has 0 bridgehead atoms. The number of hydrogen-bond donors (Lipinski definition) is 4. The second kappa shape index (κ2) is 46.3. The van der Waals surface area contributed by atoms with Gasteiger partial charge in [-0.3, -0.25) is 28.8 Å². The van der Waals surface area contributed by atoms with Crippen LogP contribution in [-0.2, 0) is 60.6 Å². The summed E-state index contributed by atoms with van der Waals surface area (Å²) in [6.07, 6.45) is 4.25. The number of esters is 4. The fraction of sp³-hybridized carbons (Fsp3) is 0.552. The summed E-state index contributed by atoms with van der Waals surface area (Å²) in [6.45, 7) is 26.7. The van der Waals surface area contributed by atoms with Gasteiger partial charge in [-0.2, -0.15) is 0 Å². The van der Waals surface area contributed by atoms with Crippen molar-refractivity contribution in [3.05, 3.63) is 126 Å². The molecule has 6 N–H and O–H groups in total. The Hall–Kier alpha value is 1.65. The number of ether oxygens (including phenoxy) is 4. The zero-order valence-corrected chi connectivity index (χ0v) is 78.7. The predicted octanol–water partition coefficient (Wildman–Crippen LogP) is 17.1. The molecule has 6 rings (SSSR count). The van der Waals surface area contributed by atoms with Crippen molar-refractivity contribution < 1.29 is 71.2 Å². The van der Waals surface area contributed by atoms with Gasteiger partial charge in [0.05, 0.1) is 49.7 Å². The van der Waals surface area contributed by atoms with Gasteiger partial charge < -0.3 is 40.6 Å². The summed E-state index contributed by atoms with van der Waals surface area (Å²) in [4.78, 5) is 70.7. The van der Waals surface area contributed by atoms with Gasteiger partial charge in [0.25, 0.3) is 0 Å². The van der Waals surface area contributed by atoms with E-state index in [1.807, 2.05) is 170 Å². The maximum atomic E-state index is 12.4. The van der Waals surface area contributed by atoms with E-state index in [4.69, 9.17) is 30.4 Å². The number of fused-ring (bicyclic) bond motifs is 3. The summed E-state index contributed by atoms with van der Waals surface area (Å²) in [5.41, 5.74) is 16.1. The van der Waals surface area contributed by atoms with Crippen LogP contribution in [0.1, 0.15) is 176 Å². The Morgan fingerprint density at radius 2 is 0.870 bits per heavy atom. The third kappa shape index (κ3) is 40.9. The molecule has 25 heteroatoms. The number of nitrogens with two attached hydrogens (primary N) is 2. The minimum atomic E-state index is -0.543. The first-order valence-corrected chi connectivity index (χ1v) is 76.1. The van der Waals surface area contributed by atoms with Gasteiger partial charge in [0.15, 0.2) is 0 Å². The molecule has 2 aliphatic carbocycles. The Kier molecular flexibility index (Phi) is 46.1. The van der Waals surface area contributed by atoms with E-state index in [2.05, 4.69) is 181 Å². The van der Waals surface area contributed by atoms with Gasteiger partial charge in [-0.15, -0.1) is 0 Å². The number of carbonyl (C=O) groups excluding carboxylic acids is 6. The molecule has 4 aromatic rings. The van der Waals surface area contributed by atoms with Crippen molar-refractivity contribution >= 4 is 208 Å². The summed E-state index contributed by atoms with van der Waals surface area (Å²) in [5.74, 6) is -3.27. The van der Waals surface area contributed by atoms with Crippen LogP contribution < -0.4 is 24.7 Å². The molecule has 4 aromatic carbocycles. The van der Waals surface area contributed by atoms with Gasteiger partial charge in [0, 0.05) is 13.1 Å². The first-order valence-electron chi connectivity index (χ1n) is 29.9. The molecule has 0 aliphatic heterocycles. The average Bonchev–Trinajstić information content (AvgIpc) is 1.62. The molecule has 92 heavy (non-hydrogen) atoms. The van der Waals surface area contributed by atoms with Gasteiger partial charge in [0.1, 0.15) is 23.9 Å². The van der Waals surface area contributed by atoms with Crippen LogP contribution in [-0.4, -0.2) is 82.0 Å². The Morgan fingerprint density at radius 1 is 0.543 bits per heavy atom. The zero-order valence-electron chi connectivity index (χ0n) is 54.9. The van der Waals surface area contributed by atoms with Gasteiger partial charge in [0.2, 0.25) is 11.8 Å². The molecule has 6 atom stereocenters. The van der Waals surface area contributed by atoms with Crippen LogP contribution in [0.4, 0.5) is 0 Å². The van der Waals surface area contributed by atoms with Gasteiger partial charge in [-0.25, -0.2) is 0 Å². The number of carbonyl (C=O) groups is 6. The minimum absolute atomic E-state index is 0.00878. The monoisotopic (exact) mass is 2510 g/mol.